The first-order valence-corrected chi connectivity index (χ1v) is 3.09. The van der Waals surface area contributed by atoms with Gasteiger partial charge in [-0.25, -0.2) is 13.2 Å². The first-order valence-electron chi connectivity index (χ1n) is 3.09. The third-order valence-corrected chi connectivity index (χ3v) is 1.33. The molecular weight excluding hydrogens is 153 g/mol. The van der Waals surface area contributed by atoms with Crippen LogP contribution in [0.25, 0.3) is 0 Å². The summed E-state index contributed by atoms with van der Waals surface area (Å²) in [5.41, 5.74) is -0.189. The zero-order valence-electron chi connectivity index (χ0n) is 5.87. The number of benzene rings is 1. The van der Waals surface area contributed by atoms with Crippen molar-refractivity contribution in [3.63, 3.8) is 0 Å². The molecule has 1 aromatic carbocycles. The van der Waals surface area contributed by atoms with Crippen LogP contribution < -0.4 is 0 Å². The largest absolute Gasteiger partial charge is 0.207 e. The molecule has 59 valence electrons. The van der Waals surface area contributed by atoms with Crippen LogP contribution in [0.5, 0.6) is 0 Å². The molecule has 0 atom stereocenters. The molecule has 0 unspecified atom stereocenters. The van der Waals surface area contributed by atoms with Crippen molar-refractivity contribution in [1.82, 2.24) is 0 Å². The van der Waals surface area contributed by atoms with Gasteiger partial charge in [-0.2, -0.15) is 0 Å². The van der Waals surface area contributed by atoms with E-state index in [2.05, 4.69) is 0 Å². The lowest BCUT2D eigenvalue weighted by atomic mass is 10.1. The minimum atomic E-state index is -0.898. The van der Waals surface area contributed by atoms with Crippen molar-refractivity contribution in [3.8, 4) is 0 Å². The van der Waals surface area contributed by atoms with Crippen molar-refractivity contribution >= 4 is 0 Å². The lowest BCUT2D eigenvalue weighted by molar-refractivity contribution is 0.535. The normalized spacial score (nSPS) is 10.2. The van der Waals surface area contributed by atoms with Crippen molar-refractivity contribution in [3.05, 3.63) is 41.6 Å². The third-order valence-electron chi connectivity index (χ3n) is 1.33. The van der Waals surface area contributed by atoms with Crippen LogP contribution in [0, 0.1) is 23.9 Å². The fourth-order valence-electron chi connectivity index (χ4n) is 0.829. The Kier molecular flexibility index (Phi) is 2.17. The van der Waals surface area contributed by atoms with Crippen LogP contribution in [-0.4, -0.2) is 0 Å². The molecule has 0 spiro atoms. The molecule has 0 aliphatic rings. The highest BCUT2D eigenvalue weighted by atomic mass is 19.1. The maximum Gasteiger partial charge on any atom is 0.132 e. The van der Waals surface area contributed by atoms with Gasteiger partial charge in [-0.05, 0) is 6.42 Å². The Morgan fingerprint density at radius 3 is 1.91 bits per heavy atom. The Bertz CT molecular complexity index is 245. The summed E-state index contributed by atoms with van der Waals surface area (Å²) in [5, 5.41) is 0. The molecule has 0 N–H and O–H groups in total. The monoisotopic (exact) mass is 159 g/mol. The van der Waals surface area contributed by atoms with Crippen LogP contribution in [0.1, 0.15) is 12.5 Å². The van der Waals surface area contributed by atoms with Gasteiger partial charge >= 0.3 is 0 Å². The van der Waals surface area contributed by atoms with Gasteiger partial charge in [0.1, 0.15) is 17.5 Å². The van der Waals surface area contributed by atoms with Crippen molar-refractivity contribution < 1.29 is 13.2 Å². The van der Waals surface area contributed by atoms with E-state index in [0.717, 1.165) is 0 Å². The minimum absolute atomic E-state index is 0.189. The van der Waals surface area contributed by atoms with E-state index in [-0.39, 0.29) is 5.56 Å². The smallest absolute Gasteiger partial charge is 0.132 e. The number of hydrogen-bond donors (Lipinski definition) is 0. The van der Waals surface area contributed by atoms with E-state index in [4.69, 9.17) is 0 Å². The highest BCUT2D eigenvalue weighted by Crippen LogP contribution is 2.15. The number of hydrogen-bond acceptors (Lipinski definition) is 0. The molecule has 0 amide bonds. The molecule has 0 heterocycles. The summed E-state index contributed by atoms with van der Waals surface area (Å²) in [6.45, 7) is 1.49. The van der Waals surface area contributed by atoms with Crippen LogP contribution in [0.4, 0.5) is 13.2 Å². The molecule has 0 nitrogen and oxygen atoms in total. The molecule has 0 aromatic heterocycles. The topological polar surface area (TPSA) is 0 Å². The SMILES string of the molecule is C[CH]c1c(F)cc(F)cc1F. The van der Waals surface area contributed by atoms with E-state index in [1.807, 2.05) is 0 Å². The van der Waals surface area contributed by atoms with Crippen LogP contribution in [0.15, 0.2) is 12.1 Å². The standard InChI is InChI=1S/C8H6F3/c1-2-6-7(10)3-5(9)4-8(6)11/h2-4H,1H3. The van der Waals surface area contributed by atoms with Gasteiger partial charge in [-0.15, -0.1) is 0 Å². The van der Waals surface area contributed by atoms with Crippen LogP contribution >= 0.6 is 0 Å². The van der Waals surface area contributed by atoms with Gasteiger partial charge in [0, 0.05) is 17.7 Å². The summed E-state index contributed by atoms with van der Waals surface area (Å²) in [4.78, 5) is 0. The van der Waals surface area contributed by atoms with Gasteiger partial charge in [0.05, 0.1) is 0 Å². The average Bonchev–Trinajstić information content (AvgIpc) is 1.85. The zero-order chi connectivity index (χ0) is 8.43. The Hall–Kier alpha value is -0.990. The summed E-state index contributed by atoms with van der Waals surface area (Å²) in [7, 11) is 0. The Morgan fingerprint density at radius 2 is 1.55 bits per heavy atom. The summed E-state index contributed by atoms with van der Waals surface area (Å²) in [6, 6.07) is 1.30. The quantitative estimate of drug-likeness (QED) is 0.591. The summed E-state index contributed by atoms with van der Waals surface area (Å²) in [6.07, 6.45) is 1.25. The highest BCUT2D eigenvalue weighted by Gasteiger charge is 2.08. The van der Waals surface area contributed by atoms with E-state index in [9.17, 15) is 13.2 Å². The van der Waals surface area contributed by atoms with Crippen molar-refractivity contribution in [2.45, 2.75) is 6.92 Å². The van der Waals surface area contributed by atoms with Gasteiger partial charge in [-0.3, -0.25) is 0 Å². The van der Waals surface area contributed by atoms with Crippen molar-refractivity contribution in [2.24, 2.45) is 0 Å². The van der Waals surface area contributed by atoms with Crippen molar-refractivity contribution in [2.75, 3.05) is 0 Å². The van der Waals surface area contributed by atoms with E-state index >= 15 is 0 Å². The van der Waals surface area contributed by atoms with Crippen LogP contribution in [-0.2, 0) is 0 Å². The molecule has 0 aliphatic carbocycles. The Balaban J connectivity index is 3.25. The molecule has 1 radical (unpaired) electrons. The fraction of sp³-hybridized carbons (Fsp3) is 0.125. The second kappa shape index (κ2) is 2.95. The summed E-state index contributed by atoms with van der Waals surface area (Å²) < 4.78 is 37.5. The second-order valence-electron chi connectivity index (χ2n) is 2.07. The number of halogens is 3. The van der Waals surface area contributed by atoms with Gasteiger partial charge in [-0.1, -0.05) is 6.92 Å². The molecule has 3 heteroatoms. The van der Waals surface area contributed by atoms with E-state index in [0.29, 0.717) is 12.1 Å². The summed E-state index contributed by atoms with van der Waals surface area (Å²) in [5.74, 6) is -2.64. The minimum Gasteiger partial charge on any atom is -0.207 e. The van der Waals surface area contributed by atoms with Gasteiger partial charge < -0.3 is 0 Å². The molecule has 0 aliphatic heterocycles. The van der Waals surface area contributed by atoms with E-state index in [1.165, 1.54) is 13.3 Å². The average molecular weight is 159 g/mol. The van der Waals surface area contributed by atoms with Crippen molar-refractivity contribution in [1.29, 1.82) is 0 Å². The van der Waals surface area contributed by atoms with Gasteiger partial charge in [0.25, 0.3) is 0 Å². The zero-order valence-corrected chi connectivity index (χ0v) is 5.87. The van der Waals surface area contributed by atoms with Gasteiger partial charge in [0.15, 0.2) is 0 Å². The maximum atomic E-state index is 12.6. The first kappa shape index (κ1) is 8.11. The third kappa shape index (κ3) is 1.53. The van der Waals surface area contributed by atoms with Crippen LogP contribution in [0.3, 0.4) is 0 Å². The molecule has 1 rings (SSSR count). The number of rotatable bonds is 1. The Morgan fingerprint density at radius 1 is 1.09 bits per heavy atom. The second-order valence-corrected chi connectivity index (χ2v) is 2.07. The first-order chi connectivity index (χ1) is 5.15. The molecule has 1 aromatic rings. The lowest BCUT2D eigenvalue weighted by Gasteiger charge is -1.99. The van der Waals surface area contributed by atoms with E-state index in [1.54, 1.807) is 0 Å². The molecule has 0 fully saturated rings. The maximum absolute atomic E-state index is 12.6. The Labute approximate surface area is 62.7 Å². The predicted molar refractivity (Wildman–Crippen MR) is 35.4 cm³/mol. The predicted octanol–water partition coefficient (Wildman–Crippen LogP) is 2.68. The van der Waals surface area contributed by atoms with E-state index < -0.39 is 17.5 Å². The molecule has 11 heavy (non-hydrogen) atoms. The summed E-state index contributed by atoms with van der Waals surface area (Å²) >= 11 is 0. The molecule has 0 bridgehead atoms. The lowest BCUT2D eigenvalue weighted by Crippen LogP contribution is -1.93. The molecular formula is C8H6F3. The highest BCUT2D eigenvalue weighted by molar-refractivity contribution is 5.26. The fourth-order valence-corrected chi connectivity index (χ4v) is 0.829. The van der Waals surface area contributed by atoms with Gasteiger partial charge in [0.2, 0.25) is 0 Å². The van der Waals surface area contributed by atoms with Crippen LogP contribution in [0.2, 0.25) is 0 Å². The molecule has 0 saturated carbocycles. The molecule has 0 saturated heterocycles.